The first-order chi connectivity index (χ1) is 23.3. The standard InChI is InChI=1S/C36H48N6O6S/c1-25(2)22-41(49(47,48)31-15-13-28(14-16-31)21-38-46)24-33(43)32(20-27-9-6-5-7-10-27)39-35(44)34(26(3)4)42-18-17-40(36(42)45)23-29-11-8-12-30(37)19-29/h5-16,19,21,25-26,32-34,43,46H,17-18,20,22-24,37H2,1-4H3,(H,39,44)/t32-,33-,34-/m0/s1. The van der Waals surface area contributed by atoms with Gasteiger partial charge in [-0.25, -0.2) is 13.2 Å². The van der Waals surface area contributed by atoms with Gasteiger partial charge in [0.05, 0.1) is 23.3 Å². The number of benzene rings is 3. The predicted octanol–water partition coefficient (Wildman–Crippen LogP) is 3.77. The lowest BCUT2D eigenvalue weighted by Gasteiger charge is -2.34. The summed E-state index contributed by atoms with van der Waals surface area (Å²) in [5.41, 5.74) is 8.80. The molecule has 1 aliphatic heterocycles. The maximum Gasteiger partial charge on any atom is 0.321 e. The largest absolute Gasteiger partial charge is 0.411 e. The summed E-state index contributed by atoms with van der Waals surface area (Å²) in [6, 6.07) is 20.6. The lowest BCUT2D eigenvalue weighted by Crippen LogP contribution is -2.57. The molecule has 1 aliphatic rings. The van der Waals surface area contributed by atoms with Crippen molar-refractivity contribution in [3.8, 4) is 0 Å². The van der Waals surface area contributed by atoms with Crippen molar-refractivity contribution in [2.45, 2.75) is 63.7 Å². The number of nitrogens with one attached hydrogen (secondary N) is 1. The van der Waals surface area contributed by atoms with Gasteiger partial charge in [-0.15, -0.1) is 0 Å². The molecule has 12 nitrogen and oxygen atoms in total. The van der Waals surface area contributed by atoms with Crippen molar-refractivity contribution < 1.29 is 28.3 Å². The van der Waals surface area contributed by atoms with Crippen LogP contribution in [0.5, 0.6) is 0 Å². The van der Waals surface area contributed by atoms with Gasteiger partial charge in [-0.1, -0.05) is 87.4 Å². The van der Waals surface area contributed by atoms with Crippen LogP contribution < -0.4 is 11.1 Å². The minimum Gasteiger partial charge on any atom is -0.411 e. The van der Waals surface area contributed by atoms with E-state index in [9.17, 15) is 23.1 Å². The molecule has 0 spiro atoms. The minimum atomic E-state index is -4.06. The number of sulfonamides is 1. The number of aliphatic hydroxyl groups is 1. The van der Waals surface area contributed by atoms with Crippen molar-refractivity contribution in [3.05, 3.63) is 95.6 Å². The molecular formula is C36H48N6O6S. The van der Waals surface area contributed by atoms with E-state index in [1.807, 2.05) is 76.2 Å². The summed E-state index contributed by atoms with van der Waals surface area (Å²) in [7, 11) is -4.06. The van der Waals surface area contributed by atoms with Crippen LogP contribution in [0.15, 0.2) is 88.9 Å². The summed E-state index contributed by atoms with van der Waals surface area (Å²) in [5.74, 6) is -0.734. The Morgan fingerprint density at radius 2 is 1.65 bits per heavy atom. The number of oxime groups is 1. The van der Waals surface area contributed by atoms with Crippen molar-refractivity contribution in [2.24, 2.45) is 17.0 Å². The van der Waals surface area contributed by atoms with Gasteiger partial charge in [0.2, 0.25) is 15.9 Å². The summed E-state index contributed by atoms with van der Waals surface area (Å²) in [6.45, 7) is 8.52. The van der Waals surface area contributed by atoms with E-state index in [2.05, 4.69) is 10.5 Å². The SMILES string of the molecule is CC(C)CN(C[C@H](O)[C@H](Cc1ccccc1)NC(=O)[C@H](C(C)C)N1CCN(Cc2cccc(N)c2)C1=O)S(=O)(=O)c1ccc(C=NO)cc1. The fourth-order valence-electron chi connectivity index (χ4n) is 6.10. The molecule has 0 bridgehead atoms. The number of anilines is 1. The van der Waals surface area contributed by atoms with E-state index in [4.69, 9.17) is 10.9 Å². The molecule has 49 heavy (non-hydrogen) atoms. The van der Waals surface area contributed by atoms with Crippen molar-refractivity contribution in [1.29, 1.82) is 0 Å². The number of hydrogen-bond donors (Lipinski definition) is 4. The number of aliphatic hydroxyl groups excluding tert-OH is 1. The summed E-state index contributed by atoms with van der Waals surface area (Å²) in [6.07, 6.45) is 0.138. The Morgan fingerprint density at radius 3 is 2.27 bits per heavy atom. The molecule has 4 rings (SSSR count). The molecule has 13 heteroatoms. The highest BCUT2D eigenvalue weighted by Gasteiger charge is 2.40. The Bertz CT molecular complexity index is 1680. The molecule has 0 saturated carbocycles. The Balaban J connectivity index is 1.57. The number of hydrogen-bond acceptors (Lipinski definition) is 8. The van der Waals surface area contributed by atoms with Gasteiger partial charge < -0.3 is 31.2 Å². The van der Waals surface area contributed by atoms with Gasteiger partial charge in [0.25, 0.3) is 0 Å². The van der Waals surface area contributed by atoms with Crippen molar-refractivity contribution in [2.75, 3.05) is 31.9 Å². The van der Waals surface area contributed by atoms with Crippen LogP contribution in [0.25, 0.3) is 0 Å². The normalized spacial score (nSPS) is 15.8. The summed E-state index contributed by atoms with van der Waals surface area (Å²) in [4.78, 5) is 31.0. The molecule has 1 heterocycles. The van der Waals surface area contributed by atoms with Crippen LogP contribution >= 0.6 is 0 Å². The molecule has 1 saturated heterocycles. The summed E-state index contributed by atoms with van der Waals surface area (Å²) in [5, 5.41) is 26.6. The number of nitrogen functional groups attached to an aromatic ring is 1. The van der Waals surface area contributed by atoms with E-state index in [-0.39, 0.29) is 42.3 Å². The second kappa shape index (κ2) is 16.8. The molecular weight excluding hydrogens is 644 g/mol. The number of carbonyl (C=O) groups is 2. The van der Waals surface area contributed by atoms with Crippen LogP contribution in [0.2, 0.25) is 0 Å². The fourth-order valence-corrected chi connectivity index (χ4v) is 7.72. The average Bonchev–Trinajstić information content (AvgIpc) is 3.39. The fraction of sp³-hybridized carbons (Fsp3) is 0.417. The lowest BCUT2D eigenvalue weighted by molar-refractivity contribution is -0.128. The maximum absolute atomic E-state index is 14.1. The second-order valence-corrected chi connectivity index (χ2v) is 15.2. The molecule has 0 unspecified atom stereocenters. The van der Waals surface area contributed by atoms with Gasteiger partial charge in [-0.05, 0) is 59.2 Å². The zero-order chi connectivity index (χ0) is 35.7. The van der Waals surface area contributed by atoms with E-state index in [1.54, 1.807) is 15.9 Å². The first-order valence-electron chi connectivity index (χ1n) is 16.5. The Morgan fingerprint density at radius 1 is 0.980 bits per heavy atom. The molecule has 0 aromatic heterocycles. The van der Waals surface area contributed by atoms with Crippen LogP contribution in [0.4, 0.5) is 10.5 Å². The van der Waals surface area contributed by atoms with E-state index in [0.29, 0.717) is 30.9 Å². The van der Waals surface area contributed by atoms with E-state index in [0.717, 1.165) is 11.1 Å². The molecule has 3 amide bonds. The highest BCUT2D eigenvalue weighted by molar-refractivity contribution is 7.89. The zero-order valence-electron chi connectivity index (χ0n) is 28.5. The Labute approximate surface area is 289 Å². The zero-order valence-corrected chi connectivity index (χ0v) is 29.3. The third kappa shape index (κ3) is 9.80. The number of rotatable bonds is 16. The molecule has 3 aromatic carbocycles. The number of carbonyl (C=O) groups excluding carboxylic acids is 2. The Kier molecular flexibility index (Phi) is 12.8. The van der Waals surface area contributed by atoms with Gasteiger partial charge >= 0.3 is 6.03 Å². The maximum atomic E-state index is 14.1. The quantitative estimate of drug-likeness (QED) is 0.0767. The molecule has 1 fully saturated rings. The Hall–Kier alpha value is -4.46. The van der Waals surface area contributed by atoms with Crippen molar-refractivity contribution in [1.82, 2.24) is 19.4 Å². The highest BCUT2D eigenvalue weighted by Crippen LogP contribution is 2.23. The molecule has 3 atom stereocenters. The molecule has 5 N–H and O–H groups in total. The van der Waals surface area contributed by atoms with E-state index in [1.165, 1.54) is 34.8 Å². The highest BCUT2D eigenvalue weighted by atomic mass is 32.2. The van der Waals surface area contributed by atoms with E-state index >= 15 is 0 Å². The van der Waals surface area contributed by atoms with Gasteiger partial charge in [0, 0.05) is 38.4 Å². The smallest absolute Gasteiger partial charge is 0.321 e. The first-order valence-corrected chi connectivity index (χ1v) is 17.9. The second-order valence-electron chi connectivity index (χ2n) is 13.2. The third-order valence-electron chi connectivity index (χ3n) is 8.46. The van der Waals surface area contributed by atoms with Gasteiger partial charge in [-0.2, -0.15) is 4.31 Å². The molecule has 0 aliphatic carbocycles. The molecule has 3 aromatic rings. The monoisotopic (exact) mass is 692 g/mol. The van der Waals surface area contributed by atoms with Gasteiger partial charge in [-0.3, -0.25) is 4.79 Å². The summed E-state index contributed by atoms with van der Waals surface area (Å²) >= 11 is 0. The first kappa shape index (κ1) is 37.4. The van der Waals surface area contributed by atoms with Crippen molar-refractivity contribution >= 4 is 33.9 Å². The van der Waals surface area contributed by atoms with Gasteiger partial charge in [0.1, 0.15) is 6.04 Å². The third-order valence-corrected chi connectivity index (χ3v) is 10.3. The van der Waals surface area contributed by atoms with E-state index < -0.39 is 34.1 Å². The number of urea groups is 1. The molecule has 264 valence electrons. The summed E-state index contributed by atoms with van der Waals surface area (Å²) < 4.78 is 28.9. The number of amides is 3. The van der Waals surface area contributed by atoms with Crippen LogP contribution in [-0.2, 0) is 27.8 Å². The van der Waals surface area contributed by atoms with Gasteiger partial charge in [0.15, 0.2) is 0 Å². The van der Waals surface area contributed by atoms with Crippen molar-refractivity contribution in [3.63, 3.8) is 0 Å². The number of nitrogens with zero attached hydrogens (tertiary/aromatic N) is 4. The van der Waals surface area contributed by atoms with Crippen LogP contribution in [0.1, 0.15) is 44.4 Å². The topological polar surface area (TPSA) is 169 Å². The molecule has 0 radical (unpaired) electrons. The minimum absolute atomic E-state index is 0.0224. The van der Waals surface area contributed by atoms with Crippen LogP contribution in [0, 0.1) is 11.8 Å². The lowest BCUT2D eigenvalue weighted by atomic mass is 9.97. The van der Waals surface area contributed by atoms with Crippen LogP contribution in [-0.4, -0.2) is 95.4 Å². The average molecular weight is 693 g/mol. The number of nitrogens with two attached hydrogens (primary N) is 1. The van der Waals surface area contributed by atoms with Crippen LogP contribution in [0.3, 0.4) is 0 Å². The predicted molar refractivity (Wildman–Crippen MR) is 189 cm³/mol.